The lowest BCUT2D eigenvalue weighted by Crippen LogP contribution is -2.37. The molecule has 1 rings (SSSR count). The summed E-state index contributed by atoms with van der Waals surface area (Å²) in [5.41, 5.74) is -0.515. The first-order chi connectivity index (χ1) is 8.31. The minimum atomic E-state index is -0.515. The quantitative estimate of drug-likeness (QED) is 0.748. The molecular weight excluding hydrogens is 236 g/mol. The molecule has 0 aromatic rings. The van der Waals surface area contributed by atoms with Gasteiger partial charge in [0.1, 0.15) is 11.7 Å². The van der Waals surface area contributed by atoms with Gasteiger partial charge < -0.3 is 20.1 Å². The average Bonchev–Trinajstić information content (AvgIpc) is 2.56. The van der Waals surface area contributed by atoms with Gasteiger partial charge in [-0.25, -0.2) is 9.59 Å². The molecule has 0 saturated carbocycles. The van der Waals surface area contributed by atoms with Gasteiger partial charge in [0.25, 0.3) is 0 Å². The molecule has 0 radical (unpaired) electrons. The third-order valence-electron chi connectivity index (χ3n) is 2.30. The number of hydrogen-bond acceptors (Lipinski definition) is 4. The van der Waals surface area contributed by atoms with Crippen LogP contribution in [-0.4, -0.2) is 36.5 Å². The Morgan fingerprint density at radius 1 is 1.61 bits per heavy atom. The Hall–Kier alpha value is -1.72. The first kappa shape index (κ1) is 14.3. The Bertz CT molecular complexity index is 335. The van der Waals surface area contributed by atoms with Crippen molar-refractivity contribution in [2.45, 2.75) is 44.9 Å². The summed E-state index contributed by atoms with van der Waals surface area (Å²) >= 11 is 0. The van der Waals surface area contributed by atoms with Gasteiger partial charge in [-0.3, -0.25) is 0 Å². The van der Waals surface area contributed by atoms with Crippen LogP contribution < -0.4 is 10.6 Å². The summed E-state index contributed by atoms with van der Waals surface area (Å²) in [7, 11) is 0. The van der Waals surface area contributed by atoms with E-state index in [1.807, 2.05) is 0 Å². The highest BCUT2D eigenvalue weighted by molar-refractivity contribution is 5.70. The van der Waals surface area contributed by atoms with Crippen molar-refractivity contribution in [1.29, 1.82) is 0 Å². The molecule has 0 aromatic carbocycles. The third-order valence-corrected chi connectivity index (χ3v) is 2.30. The number of carbonyl (C=O) groups excluding carboxylic acids is 2. The molecule has 2 amide bonds. The van der Waals surface area contributed by atoms with Crippen LogP contribution in [0.5, 0.6) is 0 Å². The molecule has 0 unspecified atom stereocenters. The molecule has 1 saturated heterocycles. The maximum Gasteiger partial charge on any atom is 0.408 e. The number of ether oxygens (including phenoxy) is 2. The Morgan fingerprint density at radius 2 is 2.28 bits per heavy atom. The predicted octanol–water partition coefficient (Wildman–Crippen LogP) is 1.56. The number of cyclic esters (lactones) is 1. The molecule has 1 aliphatic heterocycles. The van der Waals surface area contributed by atoms with Crippen LogP contribution >= 0.6 is 0 Å². The molecule has 1 fully saturated rings. The number of rotatable bonds is 4. The van der Waals surface area contributed by atoms with Crippen molar-refractivity contribution < 1.29 is 19.1 Å². The van der Waals surface area contributed by atoms with Gasteiger partial charge in [0.05, 0.1) is 6.04 Å². The number of amides is 2. The summed E-state index contributed by atoms with van der Waals surface area (Å²) < 4.78 is 10.0. The lowest BCUT2D eigenvalue weighted by Gasteiger charge is -2.20. The van der Waals surface area contributed by atoms with E-state index >= 15 is 0 Å². The maximum atomic E-state index is 11.4. The SMILES string of the molecule is C=C[C@H]1OC(=O)N[C@@H]1CCNC(=O)OC(C)(C)C. The van der Waals surface area contributed by atoms with Crippen molar-refractivity contribution in [3.8, 4) is 0 Å². The summed E-state index contributed by atoms with van der Waals surface area (Å²) in [5.74, 6) is 0. The molecule has 102 valence electrons. The number of nitrogens with one attached hydrogen (secondary N) is 2. The van der Waals surface area contributed by atoms with Crippen LogP contribution in [-0.2, 0) is 9.47 Å². The van der Waals surface area contributed by atoms with Gasteiger partial charge in [-0.05, 0) is 33.3 Å². The molecule has 0 aromatic heterocycles. The largest absolute Gasteiger partial charge is 0.444 e. The van der Waals surface area contributed by atoms with Crippen molar-refractivity contribution in [3.63, 3.8) is 0 Å². The second kappa shape index (κ2) is 5.75. The van der Waals surface area contributed by atoms with Gasteiger partial charge in [-0.2, -0.15) is 0 Å². The van der Waals surface area contributed by atoms with E-state index in [1.165, 1.54) is 0 Å². The van der Waals surface area contributed by atoms with Gasteiger partial charge in [0, 0.05) is 6.54 Å². The first-order valence-corrected chi connectivity index (χ1v) is 5.88. The second-order valence-electron chi connectivity index (χ2n) is 5.07. The number of hydrogen-bond donors (Lipinski definition) is 2. The van der Waals surface area contributed by atoms with Crippen LogP contribution in [0.1, 0.15) is 27.2 Å². The average molecular weight is 256 g/mol. The molecule has 0 bridgehead atoms. The Morgan fingerprint density at radius 3 is 2.83 bits per heavy atom. The van der Waals surface area contributed by atoms with Gasteiger partial charge >= 0.3 is 12.2 Å². The summed E-state index contributed by atoms with van der Waals surface area (Å²) in [6.45, 7) is 9.38. The zero-order chi connectivity index (χ0) is 13.8. The zero-order valence-electron chi connectivity index (χ0n) is 11.0. The second-order valence-corrected chi connectivity index (χ2v) is 5.07. The minimum absolute atomic E-state index is 0.162. The topological polar surface area (TPSA) is 76.7 Å². The standard InChI is InChI=1S/C12H20N2O4/c1-5-9-8(14-11(16)17-9)6-7-13-10(15)18-12(2,3)4/h5,8-9H,1,6-7H2,2-4H3,(H,13,15)(H,14,16)/t8-,9-/m1/s1. The Balaban J connectivity index is 2.27. The van der Waals surface area contributed by atoms with Gasteiger partial charge in [-0.15, -0.1) is 0 Å². The van der Waals surface area contributed by atoms with Crippen molar-refractivity contribution in [2.75, 3.05) is 6.54 Å². The molecule has 0 spiro atoms. The lowest BCUT2D eigenvalue weighted by molar-refractivity contribution is 0.0524. The van der Waals surface area contributed by atoms with E-state index in [4.69, 9.17) is 9.47 Å². The van der Waals surface area contributed by atoms with E-state index < -0.39 is 17.8 Å². The van der Waals surface area contributed by atoms with Gasteiger partial charge in [0.2, 0.25) is 0 Å². The molecule has 2 N–H and O–H groups in total. The van der Waals surface area contributed by atoms with Crippen LogP contribution in [0, 0.1) is 0 Å². The van der Waals surface area contributed by atoms with Gasteiger partial charge in [0.15, 0.2) is 0 Å². The smallest absolute Gasteiger partial charge is 0.408 e. The Kier molecular flexibility index (Phi) is 4.58. The number of alkyl carbamates (subject to hydrolysis) is 2. The van der Waals surface area contributed by atoms with Crippen molar-refractivity contribution in [2.24, 2.45) is 0 Å². The highest BCUT2D eigenvalue weighted by Gasteiger charge is 2.31. The van der Waals surface area contributed by atoms with E-state index in [0.717, 1.165) is 0 Å². The molecule has 6 heteroatoms. The van der Waals surface area contributed by atoms with Crippen molar-refractivity contribution in [3.05, 3.63) is 12.7 Å². The minimum Gasteiger partial charge on any atom is -0.444 e. The fourth-order valence-corrected chi connectivity index (χ4v) is 1.57. The summed E-state index contributed by atoms with van der Waals surface area (Å²) in [6.07, 6.45) is 0.848. The van der Waals surface area contributed by atoms with E-state index in [-0.39, 0.29) is 12.1 Å². The predicted molar refractivity (Wildman–Crippen MR) is 66.2 cm³/mol. The summed E-state index contributed by atoms with van der Waals surface area (Å²) in [6, 6.07) is -0.162. The van der Waals surface area contributed by atoms with Crippen LogP contribution in [0.3, 0.4) is 0 Å². The molecule has 1 heterocycles. The van der Waals surface area contributed by atoms with E-state index in [2.05, 4.69) is 17.2 Å². The highest BCUT2D eigenvalue weighted by atomic mass is 16.6. The monoisotopic (exact) mass is 256 g/mol. The molecule has 18 heavy (non-hydrogen) atoms. The summed E-state index contributed by atoms with van der Waals surface area (Å²) in [5, 5.41) is 5.28. The molecular formula is C12H20N2O4. The van der Waals surface area contributed by atoms with Crippen LogP contribution in [0.25, 0.3) is 0 Å². The number of carbonyl (C=O) groups is 2. The van der Waals surface area contributed by atoms with E-state index in [1.54, 1.807) is 26.8 Å². The third kappa shape index (κ3) is 4.65. The molecule has 0 aliphatic carbocycles. The van der Waals surface area contributed by atoms with Crippen molar-refractivity contribution in [1.82, 2.24) is 10.6 Å². The fraction of sp³-hybridized carbons (Fsp3) is 0.667. The van der Waals surface area contributed by atoms with E-state index in [9.17, 15) is 9.59 Å². The van der Waals surface area contributed by atoms with Crippen LogP contribution in [0.4, 0.5) is 9.59 Å². The van der Waals surface area contributed by atoms with Crippen LogP contribution in [0.15, 0.2) is 12.7 Å². The zero-order valence-corrected chi connectivity index (χ0v) is 11.0. The van der Waals surface area contributed by atoms with Crippen LogP contribution in [0.2, 0.25) is 0 Å². The Labute approximate surface area is 107 Å². The van der Waals surface area contributed by atoms with Gasteiger partial charge in [-0.1, -0.05) is 6.58 Å². The molecule has 1 aliphatic rings. The van der Waals surface area contributed by atoms with E-state index in [0.29, 0.717) is 13.0 Å². The molecule has 6 nitrogen and oxygen atoms in total. The summed E-state index contributed by atoms with van der Waals surface area (Å²) in [4.78, 5) is 22.4. The van der Waals surface area contributed by atoms with Crippen molar-refractivity contribution >= 4 is 12.2 Å². The lowest BCUT2D eigenvalue weighted by atomic mass is 10.1. The first-order valence-electron chi connectivity index (χ1n) is 5.88. The maximum absolute atomic E-state index is 11.4. The normalized spacial score (nSPS) is 22.9. The molecule has 2 atom stereocenters. The highest BCUT2D eigenvalue weighted by Crippen LogP contribution is 2.12. The fourth-order valence-electron chi connectivity index (χ4n) is 1.57.